The lowest BCUT2D eigenvalue weighted by atomic mass is 9.79. The molecule has 0 spiro atoms. The standard InChI is InChI=1S/C23H29ClI4O4/c1-23(2,13-8-4-3-5-9-13)32-22(29)16-17(25)18(26)19(27)20(28)21(16)31-15-11-7-6-10-14(15)30-12-24/h13-15H,3-12H2,1-2H3. The highest BCUT2D eigenvalue weighted by Gasteiger charge is 2.38. The number of carbonyl (C=O) groups excluding carboxylic acids is 1. The minimum absolute atomic E-state index is 0.0609. The molecule has 2 aliphatic rings. The van der Waals surface area contributed by atoms with Crippen LogP contribution in [-0.2, 0) is 9.47 Å². The van der Waals surface area contributed by atoms with Gasteiger partial charge >= 0.3 is 5.97 Å². The molecule has 0 amide bonds. The minimum atomic E-state index is -0.507. The Labute approximate surface area is 250 Å². The Kier molecular flexibility index (Phi) is 11.3. The maximum Gasteiger partial charge on any atom is 0.343 e. The maximum absolute atomic E-state index is 13.6. The Balaban J connectivity index is 1.94. The number of alkyl halides is 1. The van der Waals surface area contributed by atoms with Crippen LogP contribution in [0.1, 0.15) is 82.0 Å². The van der Waals surface area contributed by atoms with E-state index in [1.807, 2.05) is 0 Å². The number of hydrogen-bond donors (Lipinski definition) is 0. The van der Waals surface area contributed by atoms with Crippen LogP contribution in [0, 0.1) is 20.2 Å². The molecule has 0 aromatic heterocycles. The predicted molar refractivity (Wildman–Crippen MR) is 162 cm³/mol. The highest BCUT2D eigenvalue weighted by molar-refractivity contribution is 14.1. The highest BCUT2D eigenvalue weighted by atomic mass is 127. The first-order valence-electron chi connectivity index (χ1n) is 11.1. The van der Waals surface area contributed by atoms with Crippen molar-refractivity contribution >= 4 is 108 Å². The molecule has 2 saturated carbocycles. The second-order valence-electron chi connectivity index (χ2n) is 9.04. The SMILES string of the molecule is CC(C)(OC(=O)c1c(I)c(I)c(I)c(I)c1OC1CCCCC1OCCl)C1CCCCC1. The maximum atomic E-state index is 13.6. The normalized spacial score (nSPS) is 22.6. The molecule has 1 aromatic carbocycles. The Morgan fingerprint density at radius 2 is 1.44 bits per heavy atom. The topological polar surface area (TPSA) is 44.8 Å². The smallest absolute Gasteiger partial charge is 0.343 e. The average molecular weight is 913 g/mol. The third kappa shape index (κ3) is 6.70. The number of rotatable bonds is 7. The molecule has 2 unspecified atom stereocenters. The monoisotopic (exact) mass is 912 g/mol. The summed E-state index contributed by atoms with van der Waals surface area (Å²) in [7, 11) is 0. The number of hydrogen-bond acceptors (Lipinski definition) is 4. The summed E-state index contributed by atoms with van der Waals surface area (Å²) in [5.74, 6) is 0.723. The quantitative estimate of drug-likeness (QED) is 0.0906. The molecule has 0 aliphatic heterocycles. The highest BCUT2D eigenvalue weighted by Crippen LogP contribution is 2.42. The molecule has 9 heteroatoms. The van der Waals surface area contributed by atoms with E-state index in [1.165, 1.54) is 19.3 Å². The van der Waals surface area contributed by atoms with Gasteiger partial charge in [-0.15, -0.1) is 0 Å². The molecule has 2 atom stereocenters. The van der Waals surface area contributed by atoms with Gasteiger partial charge in [-0.05, 0) is 142 Å². The van der Waals surface area contributed by atoms with E-state index in [2.05, 4.69) is 104 Å². The first-order valence-corrected chi connectivity index (χ1v) is 16.0. The van der Waals surface area contributed by atoms with Gasteiger partial charge in [0.15, 0.2) is 0 Å². The summed E-state index contributed by atoms with van der Waals surface area (Å²) < 4.78 is 22.5. The lowest BCUT2D eigenvalue weighted by Gasteiger charge is -2.37. The Hall–Kier alpha value is 1.66. The van der Waals surface area contributed by atoms with E-state index in [0.29, 0.717) is 17.2 Å². The lowest BCUT2D eigenvalue weighted by molar-refractivity contribution is -0.0416. The first kappa shape index (κ1) is 28.2. The molecule has 3 rings (SSSR count). The van der Waals surface area contributed by atoms with Crippen LogP contribution >= 0.6 is 102 Å². The van der Waals surface area contributed by atoms with Crippen LogP contribution in [-0.4, -0.2) is 29.8 Å². The molecule has 2 aliphatic carbocycles. The minimum Gasteiger partial charge on any atom is -0.486 e. The van der Waals surface area contributed by atoms with Crippen molar-refractivity contribution in [2.24, 2.45) is 5.92 Å². The largest absolute Gasteiger partial charge is 0.486 e. The molecule has 1 aromatic rings. The summed E-state index contributed by atoms with van der Waals surface area (Å²) in [6, 6.07) is 0.147. The molecule has 180 valence electrons. The van der Waals surface area contributed by atoms with Crippen molar-refractivity contribution in [3.63, 3.8) is 0 Å². The van der Waals surface area contributed by atoms with Crippen LogP contribution in [0.15, 0.2) is 0 Å². The fourth-order valence-electron chi connectivity index (χ4n) is 4.70. The zero-order valence-electron chi connectivity index (χ0n) is 18.3. The van der Waals surface area contributed by atoms with Crippen LogP contribution < -0.4 is 4.74 Å². The van der Waals surface area contributed by atoms with Gasteiger partial charge in [0.25, 0.3) is 0 Å². The van der Waals surface area contributed by atoms with Crippen LogP contribution in [0.3, 0.4) is 0 Å². The van der Waals surface area contributed by atoms with Crippen LogP contribution in [0.25, 0.3) is 0 Å². The van der Waals surface area contributed by atoms with Gasteiger partial charge in [0, 0.05) is 10.7 Å². The van der Waals surface area contributed by atoms with Crippen molar-refractivity contribution in [1.29, 1.82) is 0 Å². The molecular weight excluding hydrogens is 883 g/mol. The van der Waals surface area contributed by atoms with Crippen molar-refractivity contribution in [1.82, 2.24) is 0 Å². The first-order chi connectivity index (χ1) is 15.2. The molecule has 0 heterocycles. The molecular formula is C23H29ClI4O4. The van der Waals surface area contributed by atoms with Crippen molar-refractivity contribution in [3.8, 4) is 5.75 Å². The van der Waals surface area contributed by atoms with E-state index in [0.717, 1.165) is 52.8 Å². The summed E-state index contributed by atoms with van der Waals surface area (Å²) in [5.41, 5.74) is 0.0335. The Morgan fingerprint density at radius 3 is 2.06 bits per heavy atom. The summed E-state index contributed by atoms with van der Waals surface area (Å²) in [6.07, 6.45) is 9.72. The van der Waals surface area contributed by atoms with Crippen LogP contribution in [0.5, 0.6) is 5.75 Å². The molecule has 0 N–H and O–H groups in total. The molecule has 32 heavy (non-hydrogen) atoms. The molecule has 0 radical (unpaired) electrons. The fraction of sp³-hybridized carbons (Fsp3) is 0.696. The molecule has 4 nitrogen and oxygen atoms in total. The lowest BCUT2D eigenvalue weighted by Crippen LogP contribution is -2.39. The summed E-state index contributed by atoms with van der Waals surface area (Å²) >= 11 is 15.1. The Morgan fingerprint density at radius 1 is 0.875 bits per heavy atom. The molecule has 2 fully saturated rings. The van der Waals surface area contributed by atoms with Gasteiger partial charge < -0.3 is 14.2 Å². The van der Waals surface area contributed by atoms with E-state index in [9.17, 15) is 4.79 Å². The number of ether oxygens (including phenoxy) is 3. The Bertz CT molecular complexity index is 825. The summed E-state index contributed by atoms with van der Waals surface area (Å²) in [5, 5.41) is 0. The number of halogens is 5. The number of benzene rings is 1. The van der Waals surface area contributed by atoms with Gasteiger partial charge in [0.05, 0.1) is 9.67 Å². The third-order valence-corrected chi connectivity index (χ3v) is 14.0. The molecule has 0 saturated heterocycles. The van der Waals surface area contributed by atoms with E-state index in [1.54, 1.807) is 0 Å². The molecule has 0 bridgehead atoms. The van der Waals surface area contributed by atoms with Crippen molar-refractivity contribution in [2.45, 2.75) is 89.4 Å². The van der Waals surface area contributed by atoms with E-state index in [-0.39, 0.29) is 24.2 Å². The van der Waals surface area contributed by atoms with Crippen molar-refractivity contribution < 1.29 is 19.0 Å². The second-order valence-corrected chi connectivity index (χ2v) is 13.6. The van der Waals surface area contributed by atoms with Crippen molar-refractivity contribution in [2.75, 3.05) is 6.07 Å². The van der Waals surface area contributed by atoms with Crippen LogP contribution in [0.4, 0.5) is 0 Å². The van der Waals surface area contributed by atoms with E-state index in [4.69, 9.17) is 25.8 Å². The third-order valence-electron chi connectivity index (χ3n) is 6.56. The van der Waals surface area contributed by atoms with Gasteiger partial charge in [-0.1, -0.05) is 37.3 Å². The fourth-order valence-corrected chi connectivity index (χ4v) is 8.35. The summed E-state index contributed by atoms with van der Waals surface area (Å²) in [4.78, 5) is 13.6. The van der Waals surface area contributed by atoms with Crippen molar-refractivity contribution in [3.05, 3.63) is 19.8 Å². The number of esters is 1. The summed E-state index contributed by atoms with van der Waals surface area (Å²) in [6.45, 7) is 4.12. The van der Waals surface area contributed by atoms with Gasteiger partial charge in [0.1, 0.15) is 29.1 Å². The zero-order chi connectivity index (χ0) is 23.5. The van der Waals surface area contributed by atoms with Gasteiger partial charge in [-0.2, -0.15) is 0 Å². The zero-order valence-corrected chi connectivity index (χ0v) is 27.7. The van der Waals surface area contributed by atoms with E-state index >= 15 is 0 Å². The average Bonchev–Trinajstić information content (AvgIpc) is 2.77. The van der Waals surface area contributed by atoms with Crippen LogP contribution in [0.2, 0.25) is 0 Å². The predicted octanol–water partition coefficient (Wildman–Crippen LogP) is 8.52. The second kappa shape index (κ2) is 12.8. The van der Waals surface area contributed by atoms with Gasteiger partial charge in [-0.3, -0.25) is 0 Å². The number of carbonyl (C=O) groups is 1. The van der Waals surface area contributed by atoms with E-state index < -0.39 is 5.60 Å². The van der Waals surface area contributed by atoms with Gasteiger partial charge in [0.2, 0.25) is 0 Å². The van der Waals surface area contributed by atoms with Gasteiger partial charge in [-0.25, -0.2) is 4.79 Å².